The molecule has 2 unspecified atom stereocenters. The van der Waals surface area contributed by atoms with Crippen molar-refractivity contribution in [2.75, 3.05) is 6.61 Å². The summed E-state index contributed by atoms with van der Waals surface area (Å²) in [5.74, 6) is -0.135. The molecule has 0 aromatic heterocycles. The van der Waals surface area contributed by atoms with E-state index in [0.717, 1.165) is 64.2 Å². The van der Waals surface area contributed by atoms with Crippen LogP contribution in [0.1, 0.15) is 149 Å². The Morgan fingerprint density at radius 3 is 1.56 bits per heavy atom. The highest BCUT2D eigenvalue weighted by molar-refractivity contribution is 5.76. The van der Waals surface area contributed by atoms with Gasteiger partial charge in [0.15, 0.2) is 0 Å². The molecule has 256 valence electrons. The summed E-state index contributed by atoms with van der Waals surface area (Å²) in [4.78, 5) is 12.3. The normalized spacial score (nSPS) is 14.1. The Morgan fingerprint density at radius 2 is 1.00 bits per heavy atom. The number of amides is 1. The Labute approximate surface area is 278 Å². The number of unbranched alkanes of at least 4 members (excludes halogenated alkanes) is 12. The van der Waals surface area contributed by atoms with Crippen LogP contribution < -0.4 is 5.32 Å². The van der Waals surface area contributed by atoms with Crippen LogP contribution in [0.3, 0.4) is 0 Å². The zero-order valence-electron chi connectivity index (χ0n) is 29.1. The molecule has 4 nitrogen and oxygen atoms in total. The van der Waals surface area contributed by atoms with Crippen LogP contribution in [0.15, 0.2) is 85.1 Å². The fourth-order valence-electron chi connectivity index (χ4n) is 4.81. The lowest BCUT2D eigenvalue weighted by Gasteiger charge is -2.19. The van der Waals surface area contributed by atoms with E-state index in [1.807, 2.05) is 6.08 Å². The van der Waals surface area contributed by atoms with Gasteiger partial charge in [-0.05, 0) is 70.6 Å². The summed E-state index contributed by atoms with van der Waals surface area (Å²) in [6.45, 7) is 4.13. The topological polar surface area (TPSA) is 69.6 Å². The molecule has 0 bridgehead atoms. The average molecular weight is 624 g/mol. The molecular weight excluding hydrogens is 554 g/mol. The van der Waals surface area contributed by atoms with Gasteiger partial charge < -0.3 is 15.5 Å². The summed E-state index contributed by atoms with van der Waals surface area (Å²) in [6, 6.07) is -0.672. The highest BCUT2D eigenvalue weighted by atomic mass is 16.3. The lowest BCUT2D eigenvalue weighted by atomic mass is 10.1. The maximum absolute atomic E-state index is 12.3. The second-order valence-electron chi connectivity index (χ2n) is 11.9. The second-order valence-corrected chi connectivity index (χ2v) is 11.9. The molecule has 0 aromatic rings. The maximum Gasteiger partial charge on any atom is 0.220 e. The first-order chi connectivity index (χ1) is 22.2. The lowest BCUT2D eigenvalue weighted by molar-refractivity contribution is -0.122. The smallest absolute Gasteiger partial charge is 0.220 e. The van der Waals surface area contributed by atoms with Crippen LogP contribution in [0, 0.1) is 0 Å². The SMILES string of the molecule is CC/C=C\C/C=C\C/C=C\C/C=C\C/C=C\CCCC(=O)NC(CO)C(O)/C=C/CC/C=C/CCCCCCCCCCCC. The molecular formula is C41H69NO3. The van der Waals surface area contributed by atoms with E-state index < -0.39 is 12.1 Å². The van der Waals surface area contributed by atoms with Crippen LogP contribution >= 0.6 is 0 Å². The van der Waals surface area contributed by atoms with Crippen molar-refractivity contribution in [3.05, 3.63) is 85.1 Å². The first-order valence-corrected chi connectivity index (χ1v) is 18.3. The molecule has 0 aliphatic carbocycles. The first-order valence-electron chi connectivity index (χ1n) is 18.3. The summed E-state index contributed by atoms with van der Waals surface area (Å²) in [5, 5.41) is 22.8. The standard InChI is InChI=1S/C41H69NO3/c1-3-5-7-9-11-13-15-17-19-21-23-25-27-29-31-33-35-37-41(45)42-39(38-43)40(44)36-34-32-30-28-26-24-22-20-18-16-14-12-10-8-6-4-2/h5,7,11,13,17,19,23,25-26,28-29,31,34,36,39-40,43-44H,3-4,6,8-10,12,14-16,18,20-22,24,27,30,32-33,35,37-38H2,1-2H3,(H,42,45)/b7-5-,13-11-,19-17-,25-23-,28-26+,31-29-,36-34+. The molecule has 0 saturated heterocycles. The predicted octanol–water partition coefficient (Wildman–Crippen LogP) is 10.9. The summed E-state index contributed by atoms with van der Waals surface area (Å²) in [6.07, 6.45) is 52.4. The van der Waals surface area contributed by atoms with Crippen LogP contribution in [0.25, 0.3) is 0 Å². The third-order valence-corrected chi connectivity index (χ3v) is 7.61. The number of carbonyl (C=O) groups is 1. The Balaban J connectivity index is 3.83. The largest absolute Gasteiger partial charge is 0.394 e. The van der Waals surface area contributed by atoms with Crippen molar-refractivity contribution in [3.8, 4) is 0 Å². The summed E-state index contributed by atoms with van der Waals surface area (Å²) < 4.78 is 0. The van der Waals surface area contributed by atoms with Crippen molar-refractivity contribution in [2.24, 2.45) is 0 Å². The summed E-state index contributed by atoms with van der Waals surface area (Å²) >= 11 is 0. The van der Waals surface area contributed by atoms with Gasteiger partial charge >= 0.3 is 0 Å². The molecule has 1 amide bonds. The Kier molecular flexibility index (Phi) is 34.1. The van der Waals surface area contributed by atoms with Crippen LogP contribution in [0.4, 0.5) is 0 Å². The summed E-state index contributed by atoms with van der Waals surface area (Å²) in [5.41, 5.74) is 0. The molecule has 0 spiro atoms. The van der Waals surface area contributed by atoms with E-state index in [-0.39, 0.29) is 12.5 Å². The minimum Gasteiger partial charge on any atom is -0.394 e. The third kappa shape index (κ3) is 32.8. The van der Waals surface area contributed by atoms with E-state index in [2.05, 4.69) is 92.1 Å². The van der Waals surface area contributed by atoms with Gasteiger partial charge in [-0.25, -0.2) is 0 Å². The number of allylic oxidation sites excluding steroid dienone is 13. The van der Waals surface area contributed by atoms with Gasteiger partial charge in [0.1, 0.15) is 0 Å². The van der Waals surface area contributed by atoms with Gasteiger partial charge in [-0.1, -0.05) is 157 Å². The Hall–Kier alpha value is -2.43. The van der Waals surface area contributed by atoms with Gasteiger partial charge in [0, 0.05) is 6.42 Å². The number of hydrogen-bond acceptors (Lipinski definition) is 3. The van der Waals surface area contributed by atoms with Gasteiger partial charge in [0.05, 0.1) is 18.8 Å². The van der Waals surface area contributed by atoms with Gasteiger partial charge in [-0.2, -0.15) is 0 Å². The van der Waals surface area contributed by atoms with Crippen molar-refractivity contribution in [2.45, 2.75) is 161 Å². The zero-order chi connectivity index (χ0) is 32.9. The number of aliphatic hydroxyl groups excluding tert-OH is 2. The third-order valence-electron chi connectivity index (χ3n) is 7.61. The van der Waals surface area contributed by atoms with Crippen molar-refractivity contribution in [1.82, 2.24) is 5.32 Å². The number of carbonyl (C=O) groups excluding carboxylic acids is 1. The molecule has 3 N–H and O–H groups in total. The molecule has 0 aromatic carbocycles. The summed E-state index contributed by atoms with van der Waals surface area (Å²) in [7, 11) is 0. The minimum absolute atomic E-state index is 0.135. The molecule has 0 heterocycles. The van der Waals surface area contributed by atoms with Crippen LogP contribution in [0.2, 0.25) is 0 Å². The number of nitrogens with one attached hydrogen (secondary N) is 1. The second kappa shape index (κ2) is 36.0. The van der Waals surface area contributed by atoms with Crippen LogP contribution in [0.5, 0.6) is 0 Å². The van der Waals surface area contributed by atoms with E-state index in [1.165, 1.54) is 64.2 Å². The monoisotopic (exact) mass is 624 g/mol. The van der Waals surface area contributed by atoms with Gasteiger partial charge in [0.2, 0.25) is 5.91 Å². The first kappa shape index (κ1) is 42.6. The molecule has 0 aliphatic heterocycles. The molecule has 0 fully saturated rings. The minimum atomic E-state index is -0.888. The molecule has 2 atom stereocenters. The molecule has 0 aliphatic rings. The maximum atomic E-state index is 12.3. The van der Waals surface area contributed by atoms with E-state index in [9.17, 15) is 15.0 Å². The van der Waals surface area contributed by atoms with E-state index >= 15 is 0 Å². The molecule has 45 heavy (non-hydrogen) atoms. The highest BCUT2D eigenvalue weighted by Crippen LogP contribution is 2.11. The lowest BCUT2D eigenvalue weighted by Crippen LogP contribution is -2.45. The number of hydrogen-bond donors (Lipinski definition) is 3. The molecule has 0 radical (unpaired) electrons. The Bertz CT molecular complexity index is 849. The highest BCUT2D eigenvalue weighted by Gasteiger charge is 2.17. The van der Waals surface area contributed by atoms with Gasteiger partial charge in [-0.3, -0.25) is 4.79 Å². The fraction of sp³-hybridized carbons (Fsp3) is 0.634. The number of aliphatic hydroxyl groups is 2. The van der Waals surface area contributed by atoms with Crippen molar-refractivity contribution in [3.63, 3.8) is 0 Å². The number of rotatable bonds is 31. The van der Waals surface area contributed by atoms with Crippen LogP contribution in [-0.2, 0) is 4.79 Å². The molecule has 0 rings (SSSR count). The molecule has 0 saturated carbocycles. The van der Waals surface area contributed by atoms with Gasteiger partial charge in [-0.15, -0.1) is 0 Å². The van der Waals surface area contributed by atoms with Crippen molar-refractivity contribution >= 4 is 5.91 Å². The van der Waals surface area contributed by atoms with Gasteiger partial charge in [0.25, 0.3) is 0 Å². The Morgan fingerprint density at radius 1 is 0.556 bits per heavy atom. The van der Waals surface area contributed by atoms with E-state index in [0.29, 0.717) is 6.42 Å². The van der Waals surface area contributed by atoms with E-state index in [4.69, 9.17) is 0 Å². The fourth-order valence-corrected chi connectivity index (χ4v) is 4.81. The molecule has 4 heteroatoms. The van der Waals surface area contributed by atoms with Crippen molar-refractivity contribution < 1.29 is 15.0 Å². The zero-order valence-corrected chi connectivity index (χ0v) is 29.1. The van der Waals surface area contributed by atoms with Crippen LogP contribution in [-0.4, -0.2) is 34.9 Å². The van der Waals surface area contributed by atoms with E-state index in [1.54, 1.807) is 6.08 Å². The van der Waals surface area contributed by atoms with Crippen molar-refractivity contribution in [1.29, 1.82) is 0 Å². The average Bonchev–Trinajstić information content (AvgIpc) is 3.04. The quantitative estimate of drug-likeness (QED) is 0.0531. The predicted molar refractivity (Wildman–Crippen MR) is 197 cm³/mol.